The molecule has 32 heavy (non-hydrogen) atoms. The van der Waals surface area contributed by atoms with Gasteiger partial charge in [-0.05, 0) is 62.0 Å². The van der Waals surface area contributed by atoms with E-state index in [4.69, 9.17) is 23.8 Å². The molecule has 7 nitrogen and oxygen atoms in total. The maximum atomic E-state index is 13.4. The number of hydrogen-bond acceptors (Lipinski definition) is 4. The number of halogens is 1. The standard InChI is InChI=1S/C23H26ClN5O2S/c1-13-17(8-7-15(10-25)19(13)24)29-21(30)20-18-9-16(28(20)23(29)31)12-27(18)22(32)26-11-14-5-3-2-4-6-14/h7-8,14,16,18,20H,2-6,9,11-12H2,1H3,(H,26,32)/t16-,18-,20-/m0/s1. The lowest BCUT2D eigenvalue weighted by molar-refractivity contribution is -0.120. The van der Waals surface area contributed by atoms with E-state index < -0.39 is 6.04 Å². The largest absolute Gasteiger partial charge is 0.362 e. The fourth-order valence-electron chi connectivity index (χ4n) is 5.84. The molecule has 3 amide bonds. The Morgan fingerprint density at radius 3 is 2.75 bits per heavy atom. The van der Waals surface area contributed by atoms with Gasteiger partial charge in [-0.3, -0.25) is 4.79 Å². The number of thiocarbonyl (C=S) groups is 1. The third-order valence-electron chi connectivity index (χ3n) is 7.51. The summed E-state index contributed by atoms with van der Waals surface area (Å²) in [5.74, 6) is 0.415. The van der Waals surface area contributed by atoms with Crippen molar-refractivity contribution in [1.29, 1.82) is 5.26 Å². The van der Waals surface area contributed by atoms with E-state index in [1.807, 2.05) is 6.07 Å². The fourth-order valence-corrected chi connectivity index (χ4v) is 6.34. The number of benzene rings is 1. The average molecular weight is 472 g/mol. The molecule has 168 valence electrons. The molecule has 1 aromatic carbocycles. The molecule has 4 fully saturated rings. The van der Waals surface area contributed by atoms with E-state index in [0.717, 1.165) is 13.0 Å². The molecule has 1 N–H and O–H groups in total. The van der Waals surface area contributed by atoms with Crippen LogP contribution < -0.4 is 10.2 Å². The molecule has 3 heterocycles. The lowest BCUT2D eigenvalue weighted by atomic mass is 9.89. The topological polar surface area (TPSA) is 79.7 Å². The van der Waals surface area contributed by atoms with Crippen molar-refractivity contribution in [3.63, 3.8) is 0 Å². The molecule has 0 spiro atoms. The Labute approximate surface area is 198 Å². The molecule has 0 radical (unpaired) electrons. The first-order chi connectivity index (χ1) is 15.4. The molecule has 0 aromatic heterocycles. The monoisotopic (exact) mass is 471 g/mol. The van der Waals surface area contributed by atoms with Crippen LogP contribution in [0.2, 0.25) is 5.02 Å². The number of rotatable bonds is 3. The van der Waals surface area contributed by atoms with Gasteiger partial charge in [0.2, 0.25) is 0 Å². The van der Waals surface area contributed by atoms with Crippen LogP contribution in [-0.2, 0) is 4.79 Å². The van der Waals surface area contributed by atoms with Crippen LogP contribution >= 0.6 is 23.8 Å². The number of nitrogens with zero attached hydrogens (tertiary/aromatic N) is 4. The number of urea groups is 1. The Balaban J connectivity index is 1.33. The minimum Gasteiger partial charge on any atom is -0.362 e. The normalized spacial score (nSPS) is 27.2. The van der Waals surface area contributed by atoms with Gasteiger partial charge in [-0.25, -0.2) is 9.69 Å². The first kappa shape index (κ1) is 21.5. The molecule has 4 aliphatic rings. The summed E-state index contributed by atoms with van der Waals surface area (Å²) in [6.45, 7) is 3.26. The molecule has 3 aliphatic heterocycles. The molecule has 1 saturated carbocycles. The number of nitrogens with one attached hydrogen (secondary N) is 1. The zero-order chi connectivity index (χ0) is 22.6. The summed E-state index contributed by atoms with van der Waals surface area (Å²) in [6, 6.07) is 4.24. The van der Waals surface area contributed by atoms with Gasteiger partial charge < -0.3 is 15.1 Å². The molecule has 2 bridgehead atoms. The minimum absolute atomic E-state index is 0.0324. The maximum absolute atomic E-state index is 13.4. The number of carbonyl (C=O) groups excluding carboxylic acids is 2. The number of nitriles is 1. The van der Waals surface area contributed by atoms with Crippen molar-refractivity contribution < 1.29 is 9.59 Å². The molecular weight excluding hydrogens is 446 g/mol. The van der Waals surface area contributed by atoms with Crippen LogP contribution in [0.3, 0.4) is 0 Å². The van der Waals surface area contributed by atoms with E-state index in [9.17, 15) is 14.9 Å². The predicted molar refractivity (Wildman–Crippen MR) is 125 cm³/mol. The molecule has 0 unspecified atom stereocenters. The summed E-state index contributed by atoms with van der Waals surface area (Å²) in [6.07, 6.45) is 7.14. The summed E-state index contributed by atoms with van der Waals surface area (Å²) in [5, 5.41) is 13.6. The maximum Gasteiger partial charge on any atom is 0.332 e. The van der Waals surface area contributed by atoms with Gasteiger partial charge in [0.05, 0.1) is 28.4 Å². The number of anilines is 1. The molecule has 1 aliphatic carbocycles. The highest BCUT2D eigenvalue weighted by Gasteiger charge is 2.62. The van der Waals surface area contributed by atoms with Crippen molar-refractivity contribution in [1.82, 2.24) is 15.1 Å². The highest BCUT2D eigenvalue weighted by Crippen LogP contribution is 2.43. The second kappa shape index (κ2) is 8.20. The van der Waals surface area contributed by atoms with Crippen LogP contribution in [0.25, 0.3) is 0 Å². The van der Waals surface area contributed by atoms with Crippen molar-refractivity contribution in [2.45, 2.75) is 63.6 Å². The van der Waals surface area contributed by atoms with Crippen molar-refractivity contribution in [3.05, 3.63) is 28.3 Å². The fraction of sp³-hybridized carbons (Fsp3) is 0.565. The molecule has 3 atom stereocenters. The predicted octanol–water partition coefficient (Wildman–Crippen LogP) is 3.57. The Bertz CT molecular complexity index is 1030. The van der Waals surface area contributed by atoms with Gasteiger partial charge >= 0.3 is 6.03 Å². The van der Waals surface area contributed by atoms with E-state index in [1.165, 1.54) is 37.0 Å². The van der Waals surface area contributed by atoms with Crippen LogP contribution in [0.15, 0.2) is 12.1 Å². The zero-order valence-electron chi connectivity index (χ0n) is 18.0. The second-order valence-corrected chi connectivity index (χ2v) is 10.1. The first-order valence-electron chi connectivity index (χ1n) is 11.3. The van der Waals surface area contributed by atoms with Crippen LogP contribution in [0.5, 0.6) is 0 Å². The second-order valence-electron chi connectivity index (χ2n) is 9.29. The molecular formula is C23H26ClN5O2S. The van der Waals surface area contributed by atoms with Gasteiger partial charge in [-0.1, -0.05) is 30.9 Å². The van der Waals surface area contributed by atoms with Crippen molar-refractivity contribution in [3.8, 4) is 6.07 Å². The number of likely N-dealkylation sites (tertiary alicyclic amines) is 1. The van der Waals surface area contributed by atoms with Gasteiger partial charge in [0.1, 0.15) is 12.1 Å². The quantitative estimate of drug-likeness (QED) is 0.536. The van der Waals surface area contributed by atoms with E-state index in [1.54, 1.807) is 24.0 Å². The van der Waals surface area contributed by atoms with Crippen LogP contribution in [0.4, 0.5) is 10.5 Å². The number of imide groups is 1. The number of hydrogen-bond donors (Lipinski definition) is 1. The van der Waals surface area contributed by atoms with Crippen LogP contribution in [0.1, 0.15) is 49.7 Å². The van der Waals surface area contributed by atoms with E-state index in [0.29, 0.717) is 34.4 Å². The molecule has 1 aromatic rings. The number of piperazine rings is 1. The SMILES string of the molecule is Cc1c(N2C(=O)[C@@H]3[C@@H]4C[C@@H](CN4C(=S)NCC4CCCCC4)N3C2=O)ccc(C#N)c1Cl. The Morgan fingerprint density at radius 2 is 2.03 bits per heavy atom. The summed E-state index contributed by atoms with van der Waals surface area (Å²) in [5.41, 5.74) is 1.33. The van der Waals surface area contributed by atoms with Crippen LogP contribution in [-0.4, -0.2) is 58.1 Å². The Kier molecular flexibility index (Phi) is 5.50. The molecule has 5 rings (SSSR count). The van der Waals surface area contributed by atoms with E-state index in [-0.39, 0.29) is 29.0 Å². The van der Waals surface area contributed by atoms with Gasteiger partial charge in [0.25, 0.3) is 5.91 Å². The van der Waals surface area contributed by atoms with Gasteiger partial charge in [-0.15, -0.1) is 0 Å². The summed E-state index contributed by atoms with van der Waals surface area (Å²) in [4.78, 5) is 31.8. The van der Waals surface area contributed by atoms with Gasteiger partial charge in [0, 0.05) is 13.1 Å². The summed E-state index contributed by atoms with van der Waals surface area (Å²) < 4.78 is 0. The molecule has 9 heteroatoms. The highest BCUT2D eigenvalue weighted by molar-refractivity contribution is 7.80. The highest BCUT2D eigenvalue weighted by atomic mass is 35.5. The van der Waals surface area contributed by atoms with Gasteiger partial charge in [-0.2, -0.15) is 5.26 Å². The first-order valence-corrected chi connectivity index (χ1v) is 12.1. The Morgan fingerprint density at radius 1 is 1.28 bits per heavy atom. The lowest BCUT2D eigenvalue weighted by Gasteiger charge is -2.37. The lowest BCUT2D eigenvalue weighted by Crippen LogP contribution is -2.57. The smallest absolute Gasteiger partial charge is 0.332 e. The van der Waals surface area contributed by atoms with Gasteiger partial charge in [0.15, 0.2) is 5.11 Å². The van der Waals surface area contributed by atoms with Crippen molar-refractivity contribution in [2.24, 2.45) is 5.92 Å². The summed E-state index contributed by atoms with van der Waals surface area (Å²) >= 11 is 12.0. The zero-order valence-corrected chi connectivity index (χ0v) is 19.6. The average Bonchev–Trinajstić information content (AvgIpc) is 3.47. The third-order valence-corrected chi connectivity index (χ3v) is 8.38. The van der Waals surface area contributed by atoms with Crippen molar-refractivity contribution in [2.75, 3.05) is 18.0 Å². The number of carbonyl (C=O) groups is 2. The third kappa shape index (κ3) is 3.25. The van der Waals surface area contributed by atoms with E-state index >= 15 is 0 Å². The molecule has 3 saturated heterocycles. The summed E-state index contributed by atoms with van der Waals surface area (Å²) in [7, 11) is 0. The number of fused-ring (bicyclic) bond motifs is 5. The Hall–Kier alpha value is -2.37. The minimum atomic E-state index is -0.538. The van der Waals surface area contributed by atoms with Crippen molar-refractivity contribution >= 4 is 46.6 Å². The van der Waals surface area contributed by atoms with E-state index in [2.05, 4.69) is 10.2 Å². The van der Waals surface area contributed by atoms with Crippen LogP contribution in [0, 0.1) is 24.2 Å². The number of amides is 3.